The summed E-state index contributed by atoms with van der Waals surface area (Å²) < 4.78 is 11.3. The molecule has 0 heterocycles. The van der Waals surface area contributed by atoms with Gasteiger partial charge in [-0.1, -0.05) is 42.3 Å². The normalized spacial score (nSPS) is 11.8. The standard InChI is InChI=1S/C19H21Cl2NO3/c1-5-17(19(23)22(2)3)25-14-10-12(9-13(11-14)24-4)15-7-6-8-16(20)18(15)21/h6-11,17H,5H2,1-4H3. The van der Waals surface area contributed by atoms with Crippen LogP contribution < -0.4 is 9.47 Å². The largest absolute Gasteiger partial charge is 0.497 e. The van der Waals surface area contributed by atoms with Crippen LogP contribution in [0, 0.1) is 0 Å². The van der Waals surface area contributed by atoms with Crippen LogP contribution in [0.2, 0.25) is 10.0 Å². The molecule has 0 spiro atoms. The lowest BCUT2D eigenvalue weighted by Crippen LogP contribution is -2.37. The summed E-state index contributed by atoms with van der Waals surface area (Å²) in [7, 11) is 4.99. The van der Waals surface area contributed by atoms with Gasteiger partial charge in [0.15, 0.2) is 6.10 Å². The number of benzene rings is 2. The van der Waals surface area contributed by atoms with E-state index in [0.717, 1.165) is 11.1 Å². The number of hydrogen-bond donors (Lipinski definition) is 0. The number of amides is 1. The molecule has 0 aliphatic heterocycles. The summed E-state index contributed by atoms with van der Waals surface area (Å²) in [6.07, 6.45) is -0.00799. The van der Waals surface area contributed by atoms with Gasteiger partial charge in [0.1, 0.15) is 11.5 Å². The fourth-order valence-electron chi connectivity index (χ4n) is 2.40. The number of methoxy groups -OCH3 is 1. The number of nitrogens with zero attached hydrogens (tertiary/aromatic N) is 1. The van der Waals surface area contributed by atoms with E-state index in [1.165, 1.54) is 4.90 Å². The molecule has 0 N–H and O–H groups in total. The summed E-state index contributed by atoms with van der Waals surface area (Å²) in [5, 5.41) is 0.929. The van der Waals surface area contributed by atoms with Gasteiger partial charge in [-0.25, -0.2) is 0 Å². The first kappa shape index (κ1) is 19.4. The lowest BCUT2D eigenvalue weighted by atomic mass is 10.0. The zero-order chi connectivity index (χ0) is 18.6. The van der Waals surface area contributed by atoms with Crippen LogP contribution in [-0.4, -0.2) is 38.1 Å². The number of hydrogen-bond acceptors (Lipinski definition) is 3. The SMILES string of the molecule is CCC(Oc1cc(OC)cc(-c2cccc(Cl)c2Cl)c1)C(=O)N(C)C. The van der Waals surface area contributed by atoms with Crippen molar-refractivity contribution < 1.29 is 14.3 Å². The van der Waals surface area contributed by atoms with Crippen LogP contribution in [0.3, 0.4) is 0 Å². The number of carbonyl (C=O) groups is 1. The van der Waals surface area contributed by atoms with E-state index in [4.69, 9.17) is 32.7 Å². The van der Waals surface area contributed by atoms with E-state index in [2.05, 4.69) is 0 Å². The maximum Gasteiger partial charge on any atom is 0.263 e. The summed E-state index contributed by atoms with van der Waals surface area (Å²) in [4.78, 5) is 13.7. The van der Waals surface area contributed by atoms with Crippen molar-refractivity contribution in [3.8, 4) is 22.6 Å². The molecule has 2 rings (SSSR count). The molecule has 0 radical (unpaired) electrons. The second-order valence-electron chi connectivity index (χ2n) is 5.75. The second-order valence-corrected chi connectivity index (χ2v) is 6.53. The first-order chi connectivity index (χ1) is 11.9. The monoisotopic (exact) mass is 381 g/mol. The summed E-state index contributed by atoms with van der Waals surface area (Å²) in [6, 6.07) is 10.8. The average Bonchev–Trinajstić information content (AvgIpc) is 2.60. The van der Waals surface area contributed by atoms with E-state index < -0.39 is 6.10 Å². The minimum Gasteiger partial charge on any atom is -0.497 e. The average molecular weight is 382 g/mol. The molecule has 0 bridgehead atoms. The van der Waals surface area contributed by atoms with Crippen molar-refractivity contribution in [3.05, 3.63) is 46.4 Å². The van der Waals surface area contributed by atoms with Crippen molar-refractivity contribution in [2.24, 2.45) is 0 Å². The van der Waals surface area contributed by atoms with Gasteiger partial charge in [0, 0.05) is 25.7 Å². The summed E-state index contributed by atoms with van der Waals surface area (Å²) in [6.45, 7) is 1.90. The highest BCUT2D eigenvalue weighted by Crippen LogP contribution is 2.37. The molecule has 6 heteroatoms. The Hall–Kier alpha value is -1.91. The highest BCUT2D eigenvalue weighted by Gasteiger charge is 2.21. The van der Waals surface area contributed by atoms with Crippen LogP contribution in [0.4, 0.5) is 0 Å². The predicted octanol–water partition coefficient (Wildman–Crippen LogP) is 4.91. The van der Waals surface area contributed by atoms with E-state index in [1.54, 1.807) is 33.3 Å². The van der Waals surface area contributed by atoms with E-state index in [0.29, 0.717) is 28.0 Å². The van der Waals surface area contributed by atoms with Crippen LogP contribution in [0.15, 0.2) is 36.4 Å². The number of halogens is 2. The van der Waals surface area contributed by atoms with E-state index in [1.807, 2.05) is 31.2 Å². The van der Waals surface area contributed by atoms with Gasteiger partial charge < -0.3 is 14.4 Å². The Bertz CT molecular complexity index is 762. The molecular weight excluding hydrogens is 361 g/mol. The van der Waals surface area contributed by atoms with Crippen molar-refractivity contribution in [2.75, 3.05) is 21.2 Å². The van der Waals surface area contributed by atoms with Crippen LogP contribution in [0.1, 0.15) is 13.3 Å². The topological polar surface area (TPSA) is 38.8 Å². The zero-order valence-electron chi connectivity index (χ0n) is 14.7. The number of ether oxygens (including phenoxy) is 2. The zero-order valence-corrected chi connectivity index (χ0v) is 16.2. The Kier molecular flexibility index (Phi) is 6.57. The number of rotatable bonds is 6. The highest BCUT2D eigenvalue weighted by atomic mass is 35.5. The van der Waals surface area contributed by atoms with Crippen molar-refractivity contribution >= 4 is 29.1 Å². The van der Waals surface area contributed by atoms with Crippen LogP contribution in [-0.2, 0) is 4.79 Å². The Morgan fingerprint density at radius 3 is 2.44 bits per heavy atom. The van der Waals surface area contributed by atoms with E-state index in [-0.39, 0.29) is 5.91 Å². The third kappa shape index (κ3) is 4.59. The van der Waals surface area contributed by atoms with Crippen molar-refractivity contribution in [2.45, 2.75) is 19.4 Å². The van der Waals surface area contributed by atoms with Crippen LogP contribution in [0.25, 0.3) is 11.1 Å². The molecule has 0 fully saturated rings. The number of carbonyl (C=O) groups excluding carboxylic acids is 1. The van der Waals surface area contributed by atoms with Gasteiger partial charge in [0.2, 0.25) is 0 Å². The minimum atomic E-state index is -0.565. The third-order valence-corrected chi connectivity index (χ3v) is 4.56. The first-order valence-corrected chi connectivity index (χ1v) is 8.64. The predicted molar refractivity (Wildman–Crippen MR) is 102 cm³/mol. The molecule has 25 heavy (non-hydrogen) atoms. The fourth-order valence-corrected chi connectivity index (χ4v) is 2.81. The molecule has 0 saturated heterocycles. The lowest BCUT2D eigenvalue weighted by Gasteiger charge is -2.21. The first-order valence-electron chi connectivity index (χ1n) is 7.88. The maximum atomic E-state index is 12.2. The maximum absolute atomic E-state index is 12.2. The van der Waals surface area contributed by atoms with Gasteiger partial charge in [0.25, 0.3) is 5.91 Å². The Balaban J connectivity index is 2.43. The number of likely N-dealkylation sites (N-methyl/N-ethyl adjacent to an activating group) is 1. The molecule has 2 aromatic carbocycles. The molecule has 1 amide bonds. The molecule has 0 aromatic heterocycles. The molecule has 1 atom stereocenters. The summed E-state index contributed by atoms with van der Waals surface area (Å²) >= 11 is 12.4. The summed E-state index contributed by atoms with van der Waals surface area (Å²) in [5.41, 5.74) is 1.57. The van der Waals surface area contributed by atoms with Crippen molar-refractivity contribution in [3.63, 3.8) is 0 Å². The molecule has 0 saturated carbocycles. The van der Waals surface area contributed by atoms with Gasteiger partial charge in [-0.15, -0.1) is 0 Å². The molecule has 2 aromatic rings. The second kappa shape index (κ2) is 8.45. The molecule has 0 aliphatic carbocycles. The Morgan fingerprint density at radius 1 is 1.16 bits per heavy atom. The quantitative estimate of drug-likeness (QED) is 0.712. The fraction of sp³-hybridized carbons (Fsp3) is 0.316. The third-order valence-electron chi connectivity index (χ3n) is 3.74. The lowest BCUT2D eigenvalue weighted by molar-refractivity contribution is -0.136. The van der Waals surface area contributed by atoms with E-state index in [9.17, 15) is 4.79 Å². The molecule has 1 unspecified atom stereocenters. The van der Waals surface area contributed by atoms with Gasteiger partial charge >= 0.3 is 0 Å². The van der Waals surface area contributed by atoms with Gasteiger partial charge in [0.05, 0.1) is 17.2 Å². The Morgan fingerprint density at radius 2 is 1.84 bits per heavy atom. The van der Waals surface area contributed by atoms with E-state index >= 15 is 0 Å². The molecular formula is C19H21Cl2NO3. The molecule has 0 aliphatic rings. The van der Waals surface area contributed by atoms with Gasteiger partial charge in [-0.05, 0) is 30.2 Å². The molecule has 4 nitrogen and oxygen atoms in total. The smallest absolute Gasteiger partial charge is 0.263 e. The van der Waals surface area contributed by atoms with Gasteiger partial charge in [-0.2, -0.15) is 0 Å². The van der Waals surface area contributed by atoms with Crippen LogP contribution in [0.5, 0.6) is 11.5 Å². The Labute approximate surface area is 158 Å². The van der Waals surface area contributed by atoms with Crippen molar-refractivity contribution in [1.29, 1.82) is 0 Å². The van der Waals surface area contributed by atoms with Crippen LogP contribution >= 0.6 is 23.2 Å². The minimum absolute atomic E-state index is 0.0901. The molecule has 134 valence electrons. The highest BCUT2D eigenvalue weighted by molar-refractivity contribution is 6.43. The van der Waals surface area contributed by atoms with Gasteiger partial charge in [-0.3, -0.25) is 4.79 Å². The van der Waals surface area contributed by atoms with Crippen molar-refractivity contribution in [1.82, 2.24) is 4.90 Å². The summed E-state index contributed by atoms with van der Waals surface area (Å²) in [5.74, 6) is 1.05.